The van der Waals surface area contributed by atoms with Crippen molar-refractivity contribution in [3.8, 4) is 11.5 Å². The Morgan fingerprint density at radius 3 is 2.54 bits per heavy atom. The maximum atomic E-state index is 13.6. The first-order valence-corrected chi connectivity index (χ1v) is 15.6. The van der Waals surface area contributed by atoms with Gasteiger partial charge in [0, 0.05) is 30.1 Å². The zero-order chi connectivity index (χ0) is 31.6. The lowest BCUT2D eigenvalue weighted by Gasteiger charge is -2.26. The van der Waals surface area contributed by atoms with Crippen molar-refractivity contribution in [1.29, 1.82) is 0 Å². The van der Waals surface area contributed by atoms with Crippen LogP contribution in [0.2, 0.25) is 0 Å². The Kier molecular flexibility index (Phi) is 12.6. The van der Waals surface area contributed by atoms with Gasteiger partial charge in [-0.3, -0.25) is 14.5 Å². The Morgan fingerprint density at radius 1 is 1.00 bits per heavy atom. The highest BCUT2D eigenvalue weighted by Gasteiger charge is 2.33. The highest BCUT2D eigenvalue weighted by atomic mass is 16.5. The topological polar surface area (TPSA) is 133 Å². The fourth-order valence-electron chi connectivity index (χ4n) is 5.72. The quantitative estimate of drug-likeness (QED) is 0.292. The highest BCUT2D eigenvalue weighted by molar-refractivity contribution is 5.90. The van der Waals surface area contributed by atoms with Gasteiger partial charge in [0.25, 0.3) is 0 Å². The summed E-state index contributed by atoms with van der Waals surface area (Å²) in [5, 5.41) is 12.7. The molecule has 5 rings (SSSR count). The molecule has 1 aromatic heterocycles. The van der Waals surface area contributed by atoms with Gasteiger partial charge in [-0.15, -0.1) is 0 Å². The van der Waals surface area contributed by atoms with Gasteiger partial charge in [-0.2, -0.15) is 0 Å². The van der Waals surface area contributed by atoms with E-state index in [0.717, 1.165) is 55.7 Å². The van der Waals surface area contributed by atoms with Crippen molar-refractivity contribution in [2.75, 3.05) is 58.1 Å². The minimum atomic E-state index is -0.622. The van der Waals surface area contributed by atoms with Gasteiger partial charge in [-0.1, -0.05) is 19.6 Å². The van der Waals surface area contributed by atoms with E-state index in [1.54, 1.807) is 7.11 Å². The molecule has 2 aliphatic heterocycles. The molecule has 2 amide bonds. The lowest BCUT2D eigenvalue weighted by atomic mass is 10.1. The van der Waals surface area contributed by atoms with Crippen molar-refractivity contribution < 1.29 is 19.1 Å². The van der Waals surface area contributed by atoms with Crippen LogP contribution in [0.1, 0.15) is 45.1 Å². The molecule has 0 aliphatic carbocycles. The molecule has 2 aromatic carbocycles. The number of nitrogens with zero attached hydrogens (tertiary/aromatic N) is 4. The maximum Gasteiger partial charge on any atom is 0.242 e. The molecule has 1 fully saturated rings. The van der Waals surface area contributed by atoms with Crippen LogP contribution in [0.15, 0.2) is 54.9 Å². The van der Waals surface area contributed by atoms with E-state index in [9.17, 15) is 9.59 Å². The molecule has 0 saturated carbocycles. The summed E-state index contributed by atoms with van der Waals surface area (Å²) in [6.07, 6.45) is 5.51. The number of hydrogen-bond donors (Lipinski definition) is 4. The minimum Gasteiger partial charge on any atom is -0.493 e. The van der Waals surface area contributed by atoms with Crippen LogP contribution < -0.4 is 30.7 Å². The van der Waals surface area contributed by atoms with Gasteiger partial charge in [0.05, 0.1) is 19.7 Å². The maximum absolute atomic E-state index is 13.6. The molecule has 46 heavy (non-hydrogen) atoms. The number of methoxy groups -OCH3 is 1. The second kappa shape index (κ2) is 16.8. The summed E-state index contributed by atoms with van der Waals surface area (Å²) >= 11 is 0. The molecule has 12 heteroatoms. The second-order valence-electron chi connectivity index (χ2n) is 11.7. The molecule has 12 nitrogen and oxygen atoms in total. The predicted molar refractivity (Wildman–Crippen MR) is 181 cm³/mol. The molecule has 248 valence electrons. The fraction of sp³-hybridized carbons (Fsp3) is 0.471. The lowest BCUT2D eigenvalue weighted by molar-refractivity contribution is -0.131. The highest BCUT2D eigenvalue weighted by Crippen LogP contribution is 2.32. The summed E-state index contributed by atoms with van der Waals surface area (Å²) in [5.41, 5.74) is 2.72. The first kappa shape index (κ1) is 34.5. The number of carbonyl (C=O) groups is 2. The number of carbonyl (C=O) groups excluding carboxylic acids is 2. The summed E-state index contributed by atoms with van der Waals surface area (Å²) in [6, 6.07) is 14.5. The molecule has 4 N–H and O–H groups in total. The molecular weight excluding hydrogens is 584 g/mol. The van der Waals surface area contributed by atoms with E-state index in [1.165, 1.54) is 6.33 Å². The number of nitrogens with one attached hydrogen (secondary N) is 4. The first-order valence-electron chi connectivity index (χ1n) is 15.6. The van der Waals surface area contributed by atoms with Gasteiger partial charge < -0.3 is 35.6 Å². The molecule has 0 spiro atoms. The smallest absolute Gasteiger partial charge is 0.242 e. The third kappa shape index (κ3) is 9.54. The van der Waals surface area contributed by atoms with Gasteiger partial charge in [-0.25, -0.2) is 9.97 Å². The normalized spacial score (nSPS) is 19.0. The van der Waals surface area contributed by atoms with Gasteiger partial charge in [-0.05, 0) is 89.1 Å². The number of aromatic nitrogens is 2. The largest absolute Gasteiger partial charge is 0.493 e. The van der Waals surface area contributed by atoms with Crippen molar-refractivity contribution >= 4 is 34.8 Å². The van der Waals surface area contributed by atoms with Gasteiger partial charge in [0.2, 0.25) is 11.8 Å². The van der Waals surface area contributed by atoms with Gasteiger partial charge in [0.15, 0.2) is 11.5 Å². The van der Waals surface area contributed by atoms with Crippen molar-refractivity contribution in [2.24, 2.45) is 0 Å². The van der Waals surface area contributed by atoms with Crippen LogP contribution in [0.3, 0.4) is 0 Å². The number of ether oxygens (including phenoxy) is 2. The van der Waals surface area contributed by atoms with Crippen LogP contribution in [0.25, 0.3) is 0 Å². The summed E-state index contributed by atoms with van der Waals surface area (Å²) in [6.45, 7) is 2.87. The average Bonchev–Trinajstić information content (AvgIpc) is 3.49. The molecule has 0 unspecified atom stereocenters. The molecule has 3 aromatic rings. The molecule has 1 saturated heterocycles. The van der Waals surface area contributed by atoms with E-state index in [2.05, 4.69) is 53.2 Å². The Labute approximate surface area is 272 Å². The van der Waals surface area contributed by atoms with Crippen molar-refractivity contribution in [1.82, 2.24) is 30.4 Å². The summed E-state index contributed by atoms with van der Waals surface area (Å²) in [5.74, 6) is 2.04. The summed E-state index contributed by atoms with van der Waals surface area (Å²) in [7, 11) is 5.65. The molecule has 0 radical (unpaired) electrons. The van der Waals surface area contributed by atoms with Gasteiger partial charge in [0.1, 0.15) is 30.6 Å². The number of rotatable bonds is 6. The van der Waals surface area contributed by atoms with E-state index in [1.807, 2.05) is 50.5 Å². The number of anilines is 4. The zero-order valence-corrected chi connectivity index (χ0v) is 26.3. The van der Waals surface area contributed by atoms with Crippen molar-refractivity contribution in [3.05, 3.63) is 60.4 Å². The number of hydrogen-bond acceptors (Lipinski definition) is 10. The standard InChI is InChI=1S/C33H44N8O4.CH4/c1-40(2)15-5-4-10-26-32(42)34-14-17-45-29-19-25(12-13-28(29)44-3)38-31-20-30(35-22-36-31)37-24-9-6-8-23(18-24)21-41-16-7-11-27(41)33(43)39-26;/h6,8-9,12-13,18-20,22,26-27H,4-5,7,10-11,14-17,21H2,1-3H3,(H,34,42)(H,39,43)(H2,35,36,37,38);1H4/t26-,27-;/m0./s1. The van der Waals surface area contributed by atoms with Crippen LogP contribution in [0.5, 0.6) is 11.5 Å². The third-order valence-electron chi connectivity index (χ3n) is 7.99. The molecular formula is C34H48N8O4. The number of amides is 2. The van der Waals surface area contributed by atoms with Crippen LogP contribution in [-0.4, -0.2) is 91.1 Å². The summed E-state index contributed by atoms with van der Waals surface area (Å²) in [4.78, 5) is 40.1. The Balaban J connectivity index is 0.00000480. The molecule has 3 heterocycles. The van der Waals surface area contributed by atoms with Crippen LogP contribution in [0, 0.1) is 0 Å². The number of benzene rings is 2. The third-order valence-corrected chi connectivity index (χ3v) is 7.99. The Morgan fingerprint density at radius 2 is 1.78 bits per heavy atom. The minimum absolute atomic E-state index is 0. The second-order valence-corrected chi connectivity index (χ2v) is 11.7. The Bertz CT molecular complexity index is 1450. The van der Waals surface area contributed by atoms with Crippen LogP contribution in [0.4, 0.5) is 23.0 Å². The lowest BCUT2D eigenvalue weighted by Crippen LogP contribution is -2.52. The van der Waals surface area contributed by atoms with E-state index >= 15 is 0 Å². The van der Waals surface area contributed by atoms with E-state index in [4.69, 9.17) is 9.47 Å². The van der Waals surface area contributed by atoms with Crippen LogP contribution in [-0.2, 0) is 16.1 Å². The molecule has 6 bridgehead atoms. The van der Waals surface area contributed by atoms with Crippen molar-refractivity contribution in [2.45, 2.75) is 58.2 Å². The SMILES string of the molecule is C.COc1ccc2cc1OCCNC(=O)[C@H](CCCCN(C)C)NC(=O)[C@@H]1CCCN1Cc1cccc(c1)Nc1cc(ncn1)N2. The monoisotopic (exact) mass is 632 g/mol. The number of unbranched alkanes of at least 4 members (excludes halogenated alkanes) is 1. The van der Waals surface area contributed by atoms with E-state index in [-0.39, 0.29) is 38.4 Å². The fourth-order valence-corrected chi connectivity index (χ4v) is 5.72. The van der Waals surface area contributed by atoms with Gasteiger partial charge >= 0.3 is 0 Å². The van der Waals surface area contributed by atoms with Crippen LogP contribution >= 0.6 is 0 Å². The molecule has 2 atom stereocenters. The average molecular weight is 633 g/mol. The van der Waals surface area contributed by atoms with E-state index < -0.39 is 6.04 Å². The number of fused-ring (bicyclic) bond motifs is 7. The summed E-state index contributed by atoms with van der Waals surface area (Å²) < 4.78 is 11.5. The predicted octanol–water partition coefficient (Wildman–Crippen LogP) is 4.30. The first-order chi connectivity index (χ1) is 21.9. The zero-order valence-electron chi connectivity index (χ0n) is 26.3. The molecule has 2 aliphatic rings. The Hall–Kier alpha value is -4.42. The van der Waals surface area contributed by atoms with Crippen molar-refractivity contribution in [3.63, 3.8) is 0 Å². The van der Waals surface area contributed by atoms with E-state index in [0.29, 0.717) is 36.1 Å².